The van der Waals surface area contributed by atoms with Gasteiger partial charge in [-0.2, -0.15) is 0 Å². The van der Waals surface area contributed by atoms with Crippen molar-refractivity contribution < 1.29 is 20.1 Å². The Kier molecular flexibility index (Phi) is 3.61. The average Bonchev–Trinajstić information content (AvgIpc) is 2.57. The molecule has 0 aliphatic carbocycles. The van der Waals surface area contributed by atoms with Gasteiger partial charge in [-0.25, -0.2) is 9.89 Å². The second-order valence-corrected chi connectivity index (χ2v) is 4.30. The Morgan fingerprint density at radius 1 is 1.47 bits per heavy atom. The first-order chi connectivity index (χ1) is 8.02. The van der Waals surface area contributed by atoms with Gasteiger partial charge in [0.1, 0.15) is 18.2 Å². The highest BCUT2D eigenvalue weighted by atomic mass is 16.5. The minimum atomic E-state index is -1.17. The van der Waals surface area contributed by atoms with Gasteiger partial charge in [0.05, 0.1) is 18.9 Å². The van der Waals surface area contributed by atoms with E-state index in [-0.39, 0.29) is 13.0 Å². The van der Waals surface area contributed by atoms with Gasteiger partial charge in [0.25, 0.3) is 0 Å². The molecule has 0 radical (unpaired) electrons. The standard InChI is InChI=1S/C9H18N4O4/c10-6-2-7(11)13(9(16)12-6)8-1-4(15)5(3-14)17-8/h4-5,7-9,14-16H,1-3,11H2,(H2,10,12). The van der Waals surface area contributed by atoms with Crippen LogP contribution in [-0.4, -0.2) is 63.6 Å². The summed E-state index contributed by atoms with van der Waals surface area (Å²) in [5.74, 6) is 0.290. The molecule has 8 heteroatoms. The summed E-state index contributed by atoms with van der Waals surface area (Å²) in [6.45, 7) is -0.276. The minimum Gasteiger partial charge on any atom is -0.394 e. The molecule has 1 fully saturated rings. The third-order valence-electron chi connectivity index (χ3n) is 3.07. The van der Waals surface area contributed by atoms with Crippen LogP contribution in [0.2, 0.25) is 0 Å². The molecule has 5 unspecified atom stereocenters. The molecule has 2 aliphatic rings. The van der Waals surface area contributed by atoms with E-state index in [4.69, 9.17) is 21.3 Å². The van der Waals surface area contributed by atoms with Crippen molar-refractivity contribution in [1.82, 2.24) is 4.90 Å². The van der Waals surface area contributed by atoms with Gasteiger partial charge in [-0.15, -0.1) is 0 Å². The van der Waals surface area contributed by atoms with Crippen LogP contribution in [0.4, 0.5) is 0 Å². The number of hydrogen-bond acceptors (Lipinski definition) is 8. The smallest absolute Gasteiger partial charge is 0.209 e. The van der Waals surface area contributed by atoms with Crippen molar-refractivity contribution in [2.45, 2.75) is 43.8 Å². The maximum atomic E-state index is 9.77. The minimum absolute atomic E-state index is 0.269. The molecule has 0 amide bonds. The summed E-state index contributed by atoms with van der Waals surface area (Å²) in [5, 5.41) is 28.4. The molecule has 8 nitrogen and oxygen atoms in total. The number of aliphatic hydroxyl groups is 3. The maximum Gasteiger partial charge on any atom is 0.209 e. The molecule has 0 aromatic carbocycles. The van der Waals surface area contributed by atoms with Crippen LogP contribution in [0.5, 0.6) is 0 Å². The Hall–Kier alpha value is -0.770. The van der Waals surface area contributed by atoms with Crippen molar-refractivity contribution in [1.29, 1.82) is 0 Å². The first-order valence-electron chi connectivity index (χ1n) is 5.50. The van der Waals surface area contributed by atoms with Crippen LogP contribution in [-0.2, 0) is 4.74 Å². The Morgan fingerprint density at radius 3 is 2.71 bits per heavy atom. The monoisotopic (exact) mass is 246 g/mol. The number of nitrogens with two attached hydrogens (primary N) is 2. The van der Waals surface area contributed by atoms with Crippen LogP contribution in [0.25, 0.3) is 0 Å². The van der Waals surface area contributed by atoms with Crippen LogP contribution in [0.1, 0.15) is 12.8 Å². The molecule has 0 aromatic heterocycles. The van der Waals surface area contributed by atoms with Crippen molar-refractivity contribution in [2.75, 3.05) is 6.61 Å². The Labute approximate surface area is 98.5 Å². The second kappa shape index (κ2) is 4.84. The molecule has 0 aromatic rings. The van der Waals surface area contributed by atoms with Gasteiger partial charge in [-0.1, -0.05) is 0 Å². The van der Waals surface area contributed by atoms with Crippen LogP contribution < -0.4 is 11.5 Å². The molecule has 17 heavy (non-hydrogen) atoms. The molecule has 0 saturated carbocycles. The Balaban J connectivity index is 2.08. The number of aliphatic hydroxyl groups excluding tert-OH is 3. The zero-order chi connectivity index (χ0) is 12.6. The molecule has 2 rings (SSSR count). The molecule has 0 bridgehead atoms. The van der Waals surface area contributed by atoms with E-state index >= 15 is 0 Å². The van der Waals surface area contributed by atoms with Gasteiger partial charge in [0.2, 0.25) is 6.35 Å². The third-order valence-corrected chi connectivity index (χ3v) is 3.07. The summed E-state index contributed by atoms with van der Waals surface area (Å²) in [6.07, 6.45) is -3.08. The van der Waals surface area contributed by atoms with E-state index in [0.29, 0.717) is 12.3 Å². The molecule has 5 atom stereocenters. The fourth-order valence-electron chi connectivity index (χ4n) is 2.18. The van der Waals surface area contributed by atoms with Crippen molar-refractivity contribution in [3.8, 4) is 0 Å². The van der Waals surface area contributed by atoms with Gasteiger partial charge in [-0.3, -0.25) is 0 Å². The molecule has 98 valence electrons. The van der Waals surface area contributed by atoms with Crippen molar-refractivity contribution >= 4 is 5.84 Å². The number of aliphatic imine (C=N–C) groups is 1. The molecule has 0 spiro atoms. The van der Waals surface area contributed by atoms with Crippen molar-refractivity contribution in [3.05, 3.63) is 0 Å². The van der Waals surface area contributed by atoms with Gasteiger partial charge >= 0.3 is 0 Å². The third kappa shape index (κ3) is 2.41. The van der Waals surface area contributed by atoms with E-state index in [1.807, 2.05) is 0 Å². The highest BCUT2D eigenvalue weighted by molar-refractivity contribution is 5.81. The maximum absolute atomic E-state index is 9.77. The average molecular weight is 246 g/mol. The van der Waals surface area contributed by atoms with Crippen LogP contribution in [0.15, 0.2) is 4.99 Å². The molecule has 2 aliphatic heterocycles. The number of hydrogen-bond donors (Lipinski definition) is 5. The fraction of sp³-hybridized carbons (Fsp3) is 0.889. The lowest BCUT2D eigenvalue weighted by atomic mass is 10.1. The largest absolute Gasteiger partial charge is 0.394 e. The Morgan fingerprint density at radius 2 is 2.18 bits per heavy atom. The summed E-state index contributed by atoms with van der Waals surface area (Å²) >= 11 is 0. The predicted octanol–water partition coefficient (Wildman–Crippen LogP) is -2.92. The molecular weight excluding hydrogens is 228 g/mol. The quantitative estimate of drug-likeness (QED) is 0.352. The zero-order valence-corrected chi connectivity index (χ0v) is 9.31. The van der Waals surface area contributed by atoms with Crippen molar-refractivity contribution in [3.63, 3.8) is 0 Å². The van der Waals surface area contributed by atoms with E-state index in [1.54, 1.807) is 0 Å². The van der Waals surface area contributed by atoms with Crippen molar-refractivity contribution in [2.24, 2.45) is 16.5 Å². The highest BCUT2D eigenvalue weighted by Crippen LogP contribution is 2.27. The SMILES string of the molecule is NC1=NC(O)N(C2CC(O)C(CO)O2)C(N)C1. The lowest BCUT2D eigenvalue weighted by molar-refractivity contribution is -0.151. The predicted molar refractivity (Wildman–Crippen MR) is 58.4 cm³/mol. The Bertz CT molecular complexity index is 313. The van der Waals surface area contributed by atoms with Crippen LogP contribution in [0, 0.1) is 0 Å². The van der Waals surface area contributed by atoms with Crippen LogP contribution >= 0.6 is 0 Å². The van der Waals surface area contributed by atoms with Gasteiger partial charge in [0, 0.05) is 12.8 Å². The van der Waals surface area contributed by atoms with Crippen LogP contribution in [0.3, 0.4) is 0 Å². The number of amidine groups is 1. The van der Waals surface area contributed by atoms with Gasteiger partial charge in [-0.05, 0) is 0 Å². The van der Waals surface area contributed by atoms with E-state index in [9.17, 15) is 10.2 Å². The van der Waals surface area contributed by atoms with E-state index in [0.717, 1.165) is 0 Å². The highest BCUT2D eigenvalue weighted by Gasteiger charge is 2.42. The molecule has 2 heterocycles. The summed E-state index contributed by atoms with van der Waals surface area (Å²) < 4.78 is 5.41. The van der Waals surface area contributed by atoms with E-state index < -0.39 is 31.0 Å². The number of ether oxygens (including phenoxy) is 1. The van der Waals surface area contributed by atoms with E-state index in [2.05, 4.69) is 4.99 Å². The van der Waals surface area contributed by atoms with E-state index in [1.165, 1.54) is 4.90 Å². The second-order valence-electron chi connectivity index (χ2n) is 4.30. The van der Waals surface area contributed by atoms with Gasteiger partial charge in [0.15, 0.2) is 0 Å². The summed E-state index contributed by atoms with van der Waals surface area (Å²) in [6, 6.07) is 0. The lowest BCUT2D eigenvalue weighted by Crippen LogP contribution is -2.57. The first-order valence-corrected chi connectivity index (χ1v) is 5.50. The lowest BCUT2D eigenvalue weighted by Gasteiger charge is -2.38. The molecule has 1 saturated heterocycles. The topological polar surface area (TPSA) is 138 Å². The summed E-state index contributed by atoms with van der Waals surface area (Å²) in [5.41, 5.74) is 11.4. The van der Waals surface area contributed by atoms with Gasteiger partial charge < -0.3 is 31.5 Å². The molecule has 7 N–H and O–H groups in total. The normalized spacial score (nSPS) is 43.8. The summed E-state index contributed by atoms with van der Waals surface area (Å²) in [4.78, 5) is 5.25. The number of rotatable bonds is 2. The molecular formula is C9H18N4O4. The first kappa shape index (κ1) is 12.7. The zero-order valence-electron chi connectivity index (χ0n) is 9.31. The number of nitrogens with zero attached hydrogens (tertiary/aromatic N) is 2. The fourth-order valence-corrected chi connectivity index (χ4v) is 2.18. The summed E-state index contributed by atoms with van der Waals surface area (Å²) in [7, 11) is 0.